The number of fused-ring (bicyclic) bond motifs is 1. The molecule has 1 aliphatic carbocycles. The summed E-state index contributed by atoms with van der Waals surface area (Å²) in [6.07, 6.45) is 1.41. The number of benzene rings is 4. The molecule has 0 unspecified atom stereocenters. The lowest BCUT2D eigenvalue weighted by Crippen LogP contribution is -2.57. The Labute approximate surface area is 286 Å². The zero-order valence-corrected chi connectivity index (χ0v) is 26.9. The van der Waals surface area contributed by atoms with E-state index in [1.165, 1.54) is 0 Å². The number of hydrogen-bond donors (Lipinski definition) is 4. The molecule has 0 spiro atoms. The van der Waals surface area contributed by atoms with Gasteiger partial charge >= 0.3 is 0 Å². The highest BCUT2D eigenvalue weighted by Crippen LogP contribution is 2.26. The van der Waals surface area contributed by atoms with Crippen molar-refractivity contribution < 1.29 is 29.7 Å². The van der Waals surface area contributed by atoms with Crippen molar-refractivity contribution in [3.63, 3.8) is 0 Å². The smallest absolute Gasteiger partial charge is 0.289 e. The Morgan fingerprint density at radius 1 is 0.604 bits per heavy atom. The minimum absolute atomic E-state index is 0. The molecule has 48 heavy (non-hydrogen) atoms. The van der Waals surface area contributed by atoms with E-state index in [0.717, 1.165) is 27.8 Å². The third kappa shape index (κ3) is 9.25. The minimum atomic E-state index is -1.19. The summed E-state index contributed by atoms with van der Waals surface area (Å²) in [5.41, 5.74) is 4.61. The number of carbonyl (C=O) groups excluding carboxylic acids is 5. The summed E-state index contributed by atoms with van der Waals surface area (Å²) in [5.74, 6) is -3.30. The number of Topliss-reactive ketones (excluding diaryl/α,β-unsaturated/α-hetero) is 1. The first kappa shape index (κ1) is 33.8. The molecule has 0 radical (unpaired) electrons. The van der Waals surface area contributed by atoms with Crippen molar-refractivity contribution in [2.45, 2.75) is 57.3 Å². The van der Waals surface area contributed by atoms with Crippen molar-refractivity contribution in [3.8, 4) is 0 Å². The highest BCUT2D eigenvalue weighted by molar-refractivity contribution is 6.38. The lowest BCUT2D eigenvalue weighted by Gasteiger charge is -2.25. The Bertz CT molecular complexity index is 1720. The van der Waals surface area contributed by atoms with Crippen LogP contribution in [0.25, 0.3) is 0 Å². The second kappa shape index (κ2) is 16.3. The molecule has 0 aliphatic heterocycles. The van der Waals surface area contributed by atoms with Crippen LogP contribution in [0.1, 0.15) is 40.4 Å². The zero-order valence-electron chi connectivity index (χ0n) is 26.9. The molecule has 0 saturated heterocycles. The van der Waals surface area contributed by atoms with E-state index in [9.17, 15) is 24.0 Å². The quantitative estimate of drug-likeness (QED) is 0.151. The molecule has 0 fully saturated rings. The van der Waals surface area contributed by atoms with Crippen LogP contribution in [0.4, 0.5) is 0 Å². The van der Waals surface area contributed by atoms with E-state index in [1.54, 1.807) is 6.92 Å². The fourth-order valence-corrected chi connectivity index (χ4v) is 5.85. The Kier molecular flexibility index (Phi) is 11.5. The lowest BCUT2D eigenvalue weighted by molar-refractivity contribution is -0.140. The van der Waals surface area contributed by atoms with Crippen molar-refractivity contribution in [1.29, 1.82) is 0 Å². The second-order valence-electron chi connectivity index (χ2n) is 12.1. The number of nitrogens with one attached hydrogen (secondary N) is 4. The molecule has 0 saturated carbocycles. The molecular formula is C39H48N4O5. The highest BCUT2D eigenvalue weighted by Gasteiger charge is 2.33. The van der Waals surface area contributed by atoms with Gasteiger partial charge in [-0.3, -0.25) is 24.0 Å². The van der Waals surface area contributed by atoms with Crippen molar-refractivity contribution >= 4 is 29.4 Å². The normalized spacial score (nSPS) is 14.1. The maximum Gasteiger partial charge on any atom is 0.289 e. The number of carbonyl (C=O) groups is 5. The Hall–Kier alpha value is -5.57. The molecule has 4 amide bonds. The van der Waals surface area contributed by atoms with Gasteiger partial charge in [-0.2, -0.15) is 0 Å². The summed E-state index contributed by atoms with van der Waals surface area (Å²) in [6.45, 7) is 1.73. The molecule has 3 atom stereocenters. The van der Waals surface area contributed by atoms with Crippen molar-refractivity contribution in [1.82, 2.24) is 21.3 Å². The molecule has 5 rings (SSSR count). The van der Waals surface area contributed by atoms with Crippen molar-refractivity contribution in [2.24, 2.45) is 5.92 Å². The first-order valence-corrected chi connectivity index (χ1v) is 16.2. The van der Waals surface area contributed by atoms with Gasteiger partial charge in [0.25, 0.3) is 5.91 Å². The van der Waals surface area contributed by atoms with Crippen LogP contribution in [-0.2, 0) is 56.2 Å². The molecule has 254 valence electrons. The third-order valence-electron chi connectivity index (χ3n) is 8.52. The highest BCUT2D eigenvalue weighted by atomic mass is 16.2. The van der Waals surface area contributed by atoms with Gasteiger partial charge < -0.3 is 21.3 Å². The van der Waals surface area contributed by atoms with E-state index in [0.29, 0.717) is 12.8 Å². The van der Waals surface area contributed by atoms with Crippen LogP contribution in [0, 0.1) is 5.92 Å². The minimum Gasteiger partial charge on any atom is -0.345 e. The molecular weight excluding hydrogens is 604 g/mol. The van der Waals surface area contributed by atoms with Crippen LogP contribution >= 0.6 is 0 Å². The molecule has 4 aromatic rings. The molecule has 0 heterocycles. The molecule has 9 heteroatoms. The first-order valence-electron chi connectivity index (χ1n) is 16.2. The fourth-order valence-electron chi connectivity index (χ4n) is 5.85. The van der Waals surface area contributed by atoms with E-state index in [-0.39, 0.29) is 36.9 Å². The van der Waals surface area contributed by atoms with E-state index in [4.69, 9.17) is 0 Å². The first-order chi connectivity index (χ1) is 23.3. The SMILES string of the molecule is C[C@H](NC(=O)C1Cc2ccccc2C1)C(=O)N[C@@H](Cc1ccccc1)C(=O)N[C@@H](Cc1ccccc1)C(=O)C(=O)NCc1ccccc1.[HH].[HH].[HH].[HH]. The maximum absolute atomic E-state index is 13.9. The summed E-state index contributed by atoms with van der Waals surface area (Å²) in [4.78, 5) is 66.9. The van der Waals surface area contributed by atoms with Crippen molar-refractivity contribution in [2.75, 3.05) is 0 Å². The Morgan fingerprint density at radius 2 is 1.06 bits per heavy atom. The van der Waals surface area contributed by atoms with Crippen LogP contribution in [0.2, 0.25) is 0 Å². The summed E-state index contributed by atoms with van der Waals surface area (Å²) >= 11 is 0. The average molecular weight is 653 g/mol. The number of rotatable bonds is 14. The lowest BCUT2D eigenvalue weighted by atomic mass is 9.99. The van der Waals surface area contributed by atoms with E-state index < -0.39 is 41.6 Å². The second-order valence-corrected chi connectivity index (χ2v) is 12.1. The van der Waals surface area contributed by atoms with Crippen LogP contribution in [-0.4, -0.2) is 47.5 Å². The summed E-state index contributed by atoms with van der Waals surface area (Å²) < 4.78 is 0. The van der Waals surface area contributed by atoms with Crippen LogP contribution in [0.5, 0.6) is 0 Å². The Morgan fingerprint density at radius 3 is 1.60 bits per heavy atom. The van der Waals surface area contributed by atoms with Gasteiger partial charge in [-0.1, -0.05) is 115 Å². The van der Waals surface area contributed by atoms with Gasteiger partial charge in [-0.15, -0.1) is 0 Å². The summed E-state index contributed by atoms with van der Waals surface area (Å²) in [5, 5.41) is 11.0. The standard InChI is InChI=1S/C39H40N4O5.4H2/c1-26(41-37(46)32-23-30-19-11-12-20-31(30)24-32)36(45)43-34(22-28-15-7-3-8-16-28)38(47)42-33(21-27-13-5-2-6-14-27)35(44)39(48)40-25-29-17-9-4-10-18-29;;;;/h2-20,26,32-34H,21-25H2,1H3,(H,40,48)(H,41,46)(H,42,47)(H,43,45);4*1H/t26-,33-,34-;;;;/m0..../s1. The number of ketones is 1. The Balaban J connectivity index is 0.00000338. The van der Waals surface area contributed by atoms with Crippen LogP contribution < -0.4 is 21.3 Å². The van der Waals surface area contributed by atoms with E-state index >= 15 is 0 Å². The number of amides is 4. The maximum atomic E-state index is 13.9. The molecule has 4 aromatic carbocycles. The van der Waals surface area contributed by atoms with Gasteiger partial charge in [0, 0.05) is 31.0 Å². The fraction of sp³-hybridized carbons (Fsp3) is 0.256. The topological polar surface area (TPSA) is 133 Å². The van der Waals surface area contributed by atoms with Gasteiger partial charge in [0.1, 0.15) is 18.1 Å². The monoisotopic (exact) mass is 652 g/mol. The van der Waals surface area contributed by atoms with Crippen LogP contribution in [0.3, 0.4) is 0 Å². The predicted octanol–water partition coefficient (Wildman–Crippen LogP) is 4.23. The van der Waals surface area contributed by atoms with Gasteiger partial charge in [0.15, 0.2) is 0 Å². The van der Waals surface area contributed by atoms with Gasteiger partial charge in [-0.05, 0) is 47.6 Å². The van der Waals surface area contributed by atoms with Crippen molar-refractivity contribution in [3.05, 3.63) is 143 Å². The molecule has 0 aromatic heterocycles. The molecule has 1 aliphatic rings. The zero-order chi connectivity index (χ0) is 33.9. The third-order valence-corrected chi connectivity index (χ3v) is 8.52. The van der Waals surface area contributed by atoms with E-state index in [2.05, 4.69) is 21.3 Å². The van der Waals surface area contributed by atoms with Gasteiger partial charge in [0.2, 0.25) is 23.5 Å². The molecule has 4 N–H and O–H groups in total. The van der Waals surface area contributed by atoms with Crippen LogP contribution in [0.15, 0.2) is 115 Å². The van der Waals surface area contributed by atoms with Gasteiger partial charge in [-0.25, -0.2) is 0 Å². The summed E-state index contributed by atoms with van der Waals surface area (Å²) in [6, 6.07) is 32.2. The number of hydrogen-bond acceptors (Lipinski definition) is 5. The van der Waals surface area contributed by atoms with Gasteiger partial charge in [0.05, 0.1) is 0 Å². The largest absolute Gasteiger partial charge is 0.345 e. The predicted molar refractivity (Wildman–Crippen MR) is 191 cm³/mol. The average Bonchev–Trinajstić information content (AvgIpc) is 3.56. The summed E-state index contributed by atoms with van der Waals surface area (Å²) in [7, 11) is 0. The molecule has 9 nitrogen and oxygen atoms in total. The molecule has 0 bridgehead atoms. The van der Waals surface area contributed by atoms with E-state index in [1.807, 2.05) is 115 Å².